The molecule has 0 aromatic heterocycles. The lowest BCUT2D eigenvalue weighted by Crippen LogP contribution is -2.28. The summed E-state index contributed by atoms with van der Waals surface area (Å²) in [7, 11) is 0. The van der Waals surface area contributed by atoms with Crippen molar-refractivity contribution in [3.05, 3.63) is 29.3 Å². The average molecular weight is 204 g/mol. The number of amidine groups is 1. The molecule has 0 radical (unpaired) electrons. The number of hydrogen-bond donors (Lipinski definition) is 1. The first kappa shape index (κ1) is 11.8. The van der Waals surface area contributed by atoms with Crippen molar-refractivity contribution in [2.75, 3.05) is 0 Å². The van der Waals surface area contributed by atoms with Gasteiger partial charge in [0.15, 0.2) is 0 Å². The van der Waals surface area contributed by atoms with Crippen molar-refractivity contribution in [1.82, 2.24) is 0 Å². The molecule has 2 heteroatoms. The molecule has 15 heavy (non-hydrogen) atoms. The lowest BCUT2D eigenvalue weighted by atomic mass is 9.95. The number of nitrogens with zero attached hydrogens (tertiary/aromatic N) is 1. The van der Waals surface area contributed by atoms with E-state index < -0.39 is 0 Å². The molecule has 2 nitrogen and oxygen atoms in total. The molecule has 0 fully saturated rings. The van der Waals surface area contributed by atoms with E-state index in [1.54, 1.807) is 0 Å². The summed E-state index contributed by atoms with van der Waals surface area (Å²) in [5.74, 6) is 0.675. The molecule has 0 heterocycles. The minimum Gasteiger partial charge on any atom is -0.387 e. The second-order valence-electron chi connectivity index (χ2n) is 5.04. The van der Waals surface area contributed by atoms with Gasteiger partial charge >= 0.3 is 0 Å². The summed E-state index contributed by atoms with van der Waals surface area (Å²) < 4.78 is 0. The van der Waals surface area contributed by atoms with E-state index in [1.807, 2.05) is 6.07 Å². The van der Waals surface area contributed by atoms with Crippen LogP contribution in [0.1, 0.15) is 31.9 Å². The summed E-state index contributed by atoms with van der Waals surface area (Å²) in [5, 5.41) is 0. The van der Waals surface area contributed by atoms with Gasteiger partial charge in [0.2, 0.25) is 0 Å². The monoisotopic (exact) mass is 204 g/mol. The van der Waals surface area contributed by atoms with Gasteiger partial charge in [-0.3, -0.25) is 0 Å². The van der Waals surface area contributed by atoms with Crippen molar-refractivity contribution in [1.29, 1.82) is 0 Å². The molecular weight excluding hydrogens is 184 g/mol. The zero-order valence-electron chi connectivity index (χ0n) is 10.3. The molecule has 2 N–H and O–H groups in total. The van der Waals surface area contributed by atoms with Gasteiger partial charge in [-0.2, -0.15) is 0 Å². The van der Waals surface area contributed by atoms with Crippen LogP contribution in [0.5, 0.6) is 0 Å². The molecule has 0 amide bonds. The fourth-order valence-electron chi connectivity index (χ4n) is 1.23. The summed E-state index contributed by atoms with van der Waals surface area (Å²) in [6, 6.07) is 6.19. The van der Waals surface area contributed by atoms with E-state index in [0.29, 0.717) is 5.84 Å². The Morgan fingerprint density at radius 1 is 1.20 bits per heavy atom. The number of benzene rings is 1. The number of rotatable bonds is 1. The third-order valence-electron chi connectivity index (χ3n) is 2.36. The Morgan fingerprint density at radius 2 is 1.80 bits per heavy atom. The standard InChI is InChI=1S/C13H20N2/c1-9-6-7-11(10(2)8-9)15-12(14)13(3,4)5/h6-8H,1-5H3,(H2,14,15). The fourth-order valence-corrected chi connectivity index (χ4v) is 1.23. The molecule has 1 aromatic carbocycles. The highest BCUT2D eigenvalue weighted by atomic mass is 14.9. The lowest BCUT2D eigenvalue weighted by molar-refractivity contribution is 0.585. The second-order valence-corrected chi connectivity index (χ2v) is 5.04. The van der Waals surface area contributed by atoms with Gasteiger partial charge in [-0.1, -0.05) is 38.5 Å². The lowest BCUT2D eigenvalue weighted by Gasteiger charge is -2.17. The van der Waals surface area contributed by atoms with E-state index in [1.165, 1.54) is 11.1 Å². The first-order valence-corrected chi connectivity index (χ1v) is 5.22. The number of aryl methyl sites for hydroxylation is 2. The molecule has 0 saturated heterocycles. The van der Waals surface area contributed by atoms with E-state index in [9.17, 15) is 0 Å². The molecular formula is C13H20N2. The first-order valence-electron chi connectivity index (χ1n) is 5.22. The van der Waals surface area contributed by atoms with E-state index in [-0.39, 0.29) is 5.41 Å². The molecule has 0 aliphatic rings. The Bertz CT molecular complexity index is 384. The summed E-state index contributed by atoms with van der Waals surface area (Å²) in [6.07, 6.45) is 0. The maximum atomic E-state index is 5.94. The third kappa shape index (κ3) is 3.08. The van der Waals surface area contributed by atoms with Crippen LogP contribution in [0.2, 0.25) is 0 Å². The van der Waals surface area contributed by atoms with Gasteiger partial charge in [-0.15, -0.1) is 0 Å². The van der Waals surface area contributed by atoms with Gasteiger partial charge in [0.1, 0.15) is 5.84 Å². The summed E-state index contributed by atoms with van der Waals surface area (Å²) in [5.41, 5.74) is 9.25. The Kier molecular flexibility index (Phi) is 3.18. The fraction of sp³-hybridized carbons (Fsp3) is 0.462. The highest BCUT2D eigenvalue weighted by Crippen LogP contribution is 2.22. The maximum absolute atomic E-state index is 5.94. The van der Waals surface area contributed by atoms with E-state index in [2.05, 4.69) is 51.7 Å². The maximum Gasteiger partial charge on any atom is 0.105 e. The number of hydrogen-bond acceptors (Lipinski definition) is 1. The van der Waals surface area contributed by atoms with Gasteiger partial charge in [-0.05, 0) is 25.5 Å². The van der Waals surface area contributed by atoms with E-state index in [4.69, 9.17) is 5.73 Å². The predicted molar refractivity (Wildman–Crippen MR) is 66.7 cm³/mol. The quantitative estimate of drug-likeness (QED) is 0.553. The first-order chi connectivity index (χ1) is 6.80. The molecule has 1 rings (SSSR count). The minimum absolute atomic E-state index is 0.0721. The molecule has 0 saturated carbocycles. The highest BCUT2D eigenvalue weighted by molar-refractivity contribution is 5.88. The van der Waals surface area contributed by atoms with Crippen LogP contribution in [0.3, 0.4) is 0 Å². The van der Waals surface area contributed by atoms with Gasteiger partial charge in [0.05, 0.1) is 5.69 Å². The van der Waals surface area contributed by atoms with Crippen molar-refractivity contribution in [2.24, 2.45) is 16.1 Å². The van der Waals surface area contributed by atoms with Crippen molar-refractivity contribution >= 4 is 11.5 Å². The normalized spacial score (nSPS) is 13.0. The van der Waals surface area contributed by atoms with Crippen LogP contribution in [-0.4, -0.2) is 5.84 Å². The average Bonchev–Trinajstić information content (AvgIpc) is 2.08. The molecule has 0 aliphatic heterocycles. The van der Waals surface area contributed by atoms with Crippen LogP contribution in [0.25, 0.3) is 0 Å². The number of aliphatic imine (C=N–C) groups is 1. The summed E-state index contributed by atoms with van der Waals surface area (Å²) in [6.45, 7) is 10.3. The van der Waals surface area contributed by atoms with Gasteiger partial charge in [0, 0.05) is 5.41 Å². The molecule has 1 aromatic rings. The third-order valence-corrected chi connectivity index (χ3v) is 2.36. The van der Waals surface area contributed by atoms with Crippen molar-refractivity contribution in [3.63, 3.8) is 0 Å². The van der Waals surface area contributed by atoms with Crippen LogP contribution in [0, 0.1) is 19.3 Å². The predicted octanol–water partition coefficient (Wildman–Crippen LogP) is 3.34. The number of nitrogens with two attached hydrogens (primary N) is 1. The zero-order valence-corrected chi connectivity index (χ0v) is 10.3. The van der Waals surface area contributed by atoms with E-state index >= 15 is 0 Å². The van der Waals surface area contributed by atoms with Crippen molar-refractivity contribution < 1.29 is 0 Å². The largest absolute Gasteiger partial charge is 0.387 e. The smallest absolute Gasteiger partial charge is 0.105 e. The molecule has 0 atom stereocenters. The molecule has 0 unspecified atom stereocenters. The Labute approximate surface area is 92.2 Å². The summed E-state index contributed by atoms with van der Waals surface area (Å²) >= 11 is 0. The molecule has 0 aliphatic carbocycles. The van der Waals surface area contributed by atoms with Gasteiger partial charge < -0.3 is 5.73 Å². The topological polar surface area (TPSA) is 38.4 Å². The van der Waals surface area contributed by atoms with E-state index in [0.717, 1.165) is 5.69 Å². The minimum atomic E-state index is -0.0721. The van der Waals surface area contributed by atoms with Gasteiger partial charge in [-0.25, -0.2) is 4.99 Å². The summed E-state index contributed by atoms with van der Waals surface area (Å²) in [4.78, 5) is 4.47. The Morgan fingerprint density at radius 3 is 2.27 bits per heavy atom. The molecule has 82 valence electrons. The zero-order chi connectivity index (χ0) is 11.6. The van der Waals surface area contributed by atoms with Crippen LogP contribution in [0.15, 0.2) is 23.2 Å². The highest BCUT2D eigenvalue weighted by Gasteiger charge is 2.15. The van der Waals surface area contributed by atoms with Crippen molar-refractivity contribution in [2.45, 2.75) is 34.6 Å². The van der Waals surface area contributed by atoms with Crippen LogP contribution in [0.4, 0.5) is 5.69 Å². The molecule has 0 spiro atoms. The van der Waals surface area contributed by atoms with Crippen molar-refractivity contribution in [3.8, 4) is 0 Å². The van der Waals surface area contributed by atoms with Crippen LogP contribution < -0.4 is 5.73 Å². The van der Waals surface area contributed by atoms with Gasteiger partial charge in [0.25, 0.3) is 0 Å². The second kappa shape index (κ2) is 4.05. The van der Waals surface area contributed by atoms with Crippen LogP contribution >= 0.6 is 0 Å². The Balaban J connectivity index is 3.09. The SMILES string of the molecule is Cc1ccc(N=C(N)C(C)(C)C)c(C)c1. The molecule has 0 bridgehead atoms. The van der Waals surface area contributed by atoms with Crippen LogP contribution in [-0.2, 0) is 0 Å². The Hall–Kier alpha value is -1.31.